The molecule has 0 spiro atoms. The molecule has 1 unspecified atom stereocenters. The van der Waals surface area contributed by atoms with Crippen molar-refractivity contribution >= 4 is 0 Å². The summed E-state index contributed by atoms with van der Waals surface area (Å²) in [6.45, 7) is 6.24. The molecule has 0 aliphatic rings. The third-order valence-corrected chi connectivity index (χ3v) is 4.46. The van der Waals surface area contributed by atoms with E-state index in [4.69, 9.17) is 4.74 Å². The Labute approximate surface area is 146 Å². The maximum absolute atomic E-state index is 13.5. The second kappa shape index (κ2) is 7.91. The number of halogens is 2. The van der Waals surface area contributed by atoms with Crippen LogP contribution in [0.1, 0.15) is 45.9 Å². The fourth-order valence-corrected chi connectivity index (χ4v) is 2.62. The van der Waals surface area contributed by atoms with Crippen LogP contribution >= 0.6 is 0 Å². The summed E-state index contributed by atoms with van der Waals surface area (Å²) in [7, 11) is 0. The van der Waals surface area contributed by atoms with Gasteiger partial charge in [-0.1, -0.05) is 20.8 Å². The van der Waals surface area contributed by atoms with Gasteiger partial charge in [0.25, 0.3) is 0 Å². The lowest BCUT2D eigenvalue weighted by molar-refractivity contribution is -0.0674. The molecule has 0 radical (unpaired) electrons. The van der Waals surface area contributed by atoms with E-state index in [1.54, 1.807) is 0 Å². The van der Waals surface area contributed by atoms with Crippen molar-refractivity contribution in [2.75, 3.05) is 6.61 Å². The van der Waals surface area contributed by atoms with E-state index in [2.05, 4.69) is 15.2 Å². The number of benzene rings is 1. The van der Waals surface area contributed by atoms with E-state index in [1.807, 2.05) is 20.8 Å². The van der Waals surface area contributed by atoms with Crippen molar-refractivity contribution in [2.24, 2.45) is 5.41 Å². The van der Waals surface area contributed by atoms with E-state index < -0.39 is 17.2 Å². The largest absolute Gasteiger partial charge is 0.491 e. The Balaban J connectivity index is 1.84. The number of hydrogen-bond acceptors (Lipinski definition) is 4. The minimum absolute atomic E-state index is 0.0362. The van der Waals surface area contributed by atoms with Gasteiger partial charge >= 0.3 is 0 Å². The number of aliphatic hydroxyl groups is 1. The molecule has 138 valence electrons. The molecule has 7 heteroatoms. The van der Waals surface area contributed by atoms with E-state index >= 15 is 0 Å². The number of rotatable bonds is 8. The monoisotopic (exact) mass is 353 g/mol. The molecule has 2 N–H and O–H groups in total. The Morgan fingerprint density at radius 2 is 1.96 bits per heavy atom. The van der Waals surface area contributed by atoms with Gasteiger partial charge in [0.15, 0.2) is 11.6 Å². The van der Waals surface area contributed by atoms with Crippen molar-refractivity contribution in [1.82, 2.24) is 15.2 Å². The summed E-state index contributed by atoms with van der Waals surface area (Å²) in [6.07, 6.45) is 3.69. The standard InChI is InChI=1S/C18H25F2N3O2/c1-17(2,3)18(24,11-16-21-12-22-23-16)8-4-5-9-25-15-7-6-13(19)10-14(15)20/h6-7,10,12,24H,4-5,8-9,11H2,1-3H3,(H,21,22,23). The van der Waals surface area contributed by atoms with Gasteiger partial charge in [-0.05, 0) is 36.8 Å². The summed E-state index contributed by atoms with van der Waals surface area (Å²) in [5.74, 6) is -0.666. The van der Waals surface area contributed by atoms with Crippen LogP contribution in [0.5, 0.6) is 5.75 Å². The second-order valence-electron chi connectivity index (χ2n) is 7.27. The van der Waals surface area contributed by atoms with Gasteiger partial charge in [0, 0.05) is 12.5 Å². The first kappa shape index (κ1) is 19.3. The zero-order chi connectivity index (χ0) is 18.5. The Hall–Kier alpha value is -2.02. The number of nitrogens with one attached hydrogen (secondary N) is 1. The molecule has 2 aromatic rings. The highest BCUT2D eigenvalue weighted by atomic mass is 19.1. The highest BCUT2D eigenvalue weighted by Crippen LogP contribution is 2.36. The summed E-state index contributed by atoms with van der Waals surface area (Å²) in [6, 6.07) is 3.24. The molecule has 1 heterocycles. The molecule has 0 fully saturated rings. The van der Waals surface area contributed by atoms with Gasteiger partial charge in [-0.3, -0.25) is 5.10 Å². The lowest BCUT2D eigenvalue weighted by atomic mass is 9.71. The molecule has 0 saturated heterocycles. The SMILES string of the molecule is CC(C)(C)C(O)(CCCCOc1ccc(F)cc1F)Cc1ncn[nH]1. The quantitative estimate of drug-likeness (QED) is 0.711. The third kappa shape index (κ3) is 5.22. The van der Waals surface area contributed by atoms with Crippen molar-refractivity contribution < 1.29 is 18.6 Å². The molecule has 5 nitrogen and oxygen atoms in total. The van der Waals surface area contributed by atoms with Gasteiger partial charge in [0.1, 0.15) is 18.0 Å². The van der Waals surface area contributed by atoms with Crippen LogP contribution in [0, 0.1) is 17.0 Å². The molecule has 0 aliphatic heterocycles. The molecule has 1 aromatic carbocycles. The Morgan fingerprint density at radius 1 is 1.20 bits per heavy atom. The number of H-pyrrole nitrogens is 1. The first-order valence-corrected chi connectivity index (χ1v) is 8.36. The minimum atomic E-state index is -0.951. The molecular formula is C18H25F2N3O2. The van der Waals surface area contributed by atoms with Crippen LogP contribution in [0.15, 0.2) is 24.5 Å². The van der Waals surface area contributed by atoms with Gasteiger partial charge in [-0.2, -0.15) is 5.10 Å². The summed E-state index contributed by atoms with van der Waals surface area (Å²) < 4.78 is 31.7. The molecular weight excluding hydrogens is 328 g/mol. The summed E-state index contributed by atoms with van der Waals surface area (Å²) in [4.78, 5) is 4.09. The minimum Gasteiger partial charge on any atom is -0.491 e. The van der Waals surface area contributed by atoms with Crippen LogP contribution in [-0.4, -0.2) is 32.5 Å². The van der Waals surface area contributed by atoms with Crippen LogP contribution in [0.25, 0.3) is 0 Å². The maximum atomic E-state index is 13.5. The highest BCUT2D eigenvalue weighted by Gasteiger charge is 2.40. The summed E-state index contributed by atoms with van der Waals surface area (Å²) in [5.41, 5.74) is -1.29. The Bertz CT molecular complexity index is 671. The van der Waals surface area contributed by atoms with Crippen molar-refractivity contribution in [1.29, 1.82) is 0 Å². The number of aromatic nitrogens is 3. The maximum Gasteiger partial charge on any atom is 0.167 e. The summed E-state index contributed by atoms with van der Waals surface area (Å²) in [5, 5.41) is 17.7. The van der Waals surface area contributed by atoms with E-state index in [1.165, 1.54) is 12.4 Å². The fraction of sp³-hybridized carbons (Fsp3) is 0.556. The van der Waals surface area contributed by atoms with Crippen LogP contribution in [0.2, 0.25) is 0 Å². The van der Waals surface area contributed by atoms with Crippen molar-refractivity contribution in [3.05, 3.63) is 42.0 Å². The van der Waals surface area contributed by atoms with Crippen LogP contribution < -0.4 is 4.74 Å². The predicted molar refractivity (Wildman–Crippen MR) is 90.2 cm³/mol. The molecule has 0 aliphatic carbocycles. The molecule has 0 saturated carbocycles. The third-order valence-electron chi connectivity index (χ3n) is 4.46. The van der Waals surface area contributed by atoms with Crippen LogP contribution in [0.4, 0.5) is 8.78 Å². The number of unbranched alkanes of at least 4 members (excludes halogenated alkanes) is 1. The average molecular weight is 353 g/mol. The van der Waals surface area contributed by atoms with Gasteiger partial charge in [0.2, 0.25) is 0 Å². The number of aromatic amines is 1. The fourth-order valence-electron chi connectivity index (χ4n) is 2.62. The molecule has 2 rings (SSSR count). The predicted octanol–water partition coefficient (Wildman–Crippen LogP) is 3.65. The van der Waals surface area contributed by atoms with Crippen molar-refractivity contribution in [3.8, 4) is 5.75 Å². The van der Waals surface area contributed by atoms with Gasteiger partial charge < -0.3 is 9.84 Å². The van der Waals surface area contributed by atoms with Gasteiger partial charge in [-0.25, -0.2) is 13.8 Å². The van der Waals surface area contributed by atoms with Gasteiger partial charge in [-0.15, -0.1) is 0 Å². The van der Waals surface area contributed by atoms with Crippen LogP contribution in [-0.2, 0) is 6.42 Å². The zero-order valence-electron chi connectivity index (χ0n) is 14.9. The van der Waals surface area contributed by atoms with Crippen molar-refractivity contribution in [3.63, 3.8) is 0 Å². The zero-order valence-corrected chi connectivity index (χ0v) is 14.9. The highest BCUT2D eigenvalue weighted by molar-refractivity contribution is 5.24. The smallest absolute Gasteiger partial charge is 0.167 e. The normalized spacial score (nSPS) is 14.3. The first-order chi connectivity index (χ1) is 11.7. The average Bonchev–Trinajstić information content (AvgIpc) is 3.00. The topological polar surface area (TPSA) is 71.0 Å². The number of hydrogen-bond donors (Lipinski definition) is 2. The first-order valence-electron chi connectivity index (χ1n) is 8.36. The van der Waals surface area contributed by atoms with Crippen LogP contribution in [0.3, 0.4) is 0 Å². The number of ether oxygens (including phenoxy) is 1. The molecule has 1 aromatic heterocycles. The molecule has 1 atom stereocenters. The van der Waals surface area contributed by atoms with Crippen molar-refractivity contribution in [2.45, 2.75) is 52.1 Å². The molecule has 0 bridgehead atoms. The van der Waals surface area contributed by atoms with E-state index in [0.29, 0.717) is 38.1 Å². The Morgan fingerprint density at radius 3 is 2.56 bits per heavy atom. The molecule has 25 heavy (non-hydrogen) atoms. The second-order valence-corrected chi connectivity index (χ2v) is 7.27. The lowest BCUT2D eigenvalue weighted by Crippen LogP contribution is -2.45. The van der Waals surface area contributed by atoms with E-state index in [-0.39, 0.29) is 11.2 Å². The van der Waals surface area contributed by atoms with E-state index in [0.717, 1.165) is 12.1 Å². The Kier molecular flexibility index (Phi) is 6.11. The summed E-state index contributed by atoms with van der Waals surface area (Å²) >= 11 is 0. The number of nitrogens with zero attached hydrogens (tertiary/aromatic N) is 2. The lowest BCUT2D eigenvalue weighted by Gasteiger charge is -2.40. The molecule has 0 amide bonds. The van der Waals surface area contributed by atoms with Gasteiger partial charge in [0.05, 0.1) is 12.2 Å². The van der Waals surface area contributed by atoms with E-state index in [9.17, 15) is 13.9 Å².